The van der Waals surface area contributed by atoms with Crippen LogP contribution in [-0.4, -0.2) is 50.4 Å². The van der Waals surface area contributed by atoms with Gasteiger partial charge in [-0.3, -0.25) is 4.79 Å². The van der Waals surface area contributed by atoms with E-state index >= 15 is 0 Å². The van der Waals surface area contributed by atoms with Crippen LogP contribution in [0.1, 0.15) is 33.6 Å². The molecule has 0 aromatic heterocycles. The summed E-state index contributed by atoms with van der Waals surface area (Å²) < 4.78 is 0. The Hall–Kier alpha value is -0.375. The summed E-state index contributed by atoms with van der Waals surface area (Å²) in [5.74, 6) is -0.722. The van der Waals surface area contributed by atoms with Gasteiger partial charge in [0, 0.05) is 12.0 Å². The summed E-state index contributed by atoms with van der Waals surface area (Å²) in [6.45, 7) is 6.40. The highest BCUT2D eigenvalue weighted by atomic mass is 16.4. The number of hydrogen-bond donors (Lipinski definition) is 1. The van der Waals surface area contributed by atoms with Crippen molar-refractivity contribution in [3.8, 4) is 0 Å². The lowest BCUT2D eigenvalue weighted by atomic mass is 9.56. The molecule has 0 atom stereocenters. The van der Waals surface area contributed by atoms with Crippen molar-refractivity contribution < 1.29 is 9.90 Å². The molecule has 6 heteroatoms. The van der Waals surface area contributed by atoms with Gasteiger partial charge in [-0.25, -0.2) is 0 Å². The third-order valence-electron chi connectivity index (χ3n) is 2.86. The van der Waals surface area contributed by atoms with E-state index in [1.165, 1.54) is 0 Å². The van der Waals surface area contributed by atoms with Crippen molar-refractivity contribution in [1.29, 1.82) is 0 Å². The summed E-state index contributed by atoms with van der Waals surface area (Å²) in [5.41, 5.74) is 0.0714. The number of aliphatic carboxylic acids is 1. The molecule has 0 radical (unpaired) electrons. The first-order valence-electron chi connectivity index (χ1n) is 5.03. The van der Waals surface area contributed by atoms with Crippen LogP contribution in [0.25, 0.3) is 0 Å². The molecule has 0 saturated carbocycles. The number of carbonyl (C=O) groups is 1. The van der Waals surface area contributed by atoms with Crippen LogP contribution < -0.4 is 0 Å². The topological polar surface area (TPSA) is 40.5 Å². The second kappa shape index (κ2) is 4.43. The fourth-order valence-electron chi connectivity index (χ4n) is 1.49. The molecule has 0 unspecified atom stereocenters. The standard InChI is InChI=1S/C8H20B3NO2/c1-7(2,3)12(11)8(9,10)5-4-6(13)14/h4-5,9-11H2,1-3H3,(H,13,14). The van der Waals surface area contributed by atoms with E-state index in [-0.39, 0.29) is 17.3 Å². The van der Waals surface area contributed by atoms with Gasteiger partial charge in [-0.15, -0.1) is 0 Å². The maximum absolute atomic E-state index is 10.5. The maximum Gasteiger partial charge on any atom is 0.303 e. The molecule has 0 aliphatic heterocycles. The third-order valence-corrected chi connectivity index (χ3v) is 2.86. The molecule has 0 fully saturated rings. The summed E-state index contributed by atoms with van der Waals surface area (Å²) >= 11 is 0. The van der Waals surface area contributed by atoms with E-state index in [0.717, 1.165) is 0 Å². The lowest BCUT2D eigenvalue weighted by Gasteiger charge is -2.46. The van der Waals surface area contributed by atoms with Crippen LogP contribution in [0.5, 0.6) is 0 Å². The molecular weight excluding hydrogens is 175 g/mol. The van der Waals surface area contributed by atoms with Gasteiger partial charge in [0.1, 0.15) is 15.7 Å². The summed E-state index contributed by atoms with van der Waals surface area (Å²) in [5, 5.41) is 8.57. The number of carboxylic acids is 1. The first kappa shape index (κ1) is 13.6. The van der Waals surface area contributed by atoms with E-state index in [4.69, 9.17) is 5.11 Å². The summed E-state index contributed by atoms with van der Waals surface area (Å²) in [4.78, 5) is 12.7. The molecule has 0 aliphatic rings. The van der Waals surface area contributed by atoms with E-state index < -0.39 is 5.97 Å². The molecule has 3 nitrogen and oxygen atoms in total. The molecule has 0 spiro atoms. The second-order valence-corrected chi connectivity index (χ2v) is 5.44. The molecule has 14 heavy (non-hydrogen) atoms. The normalized spacial score (nSPS) is 13.1. The van der Waals surface area contributed by atoms with Crippen molar-refractivity contribution >= 4 is 29.6 Å². The predicted molar refractivity (Wildman–Crippen MR) is 66.8 cm³/mol. The predicted octanol–water partition coefficient (Wildman–Crippen LogP) is -1.58. The van der Waals surface area contributed by atoms with Crippen LogP contribution in [-0.2, 0) is 4.79 Å². The Kier molecular flexibility index (Phi) is 4.31. The van der Waals surface area contributed by atoms with Crippen LogP contribution >= 0.6 is 0 Å². The minimum absolute atomic E-state index is 0.0714. The van der Waals surface area contributed by atoms with Gasteiger partial charge in [0.05, 0.1) is 0 Å². The summed E-state index contributed by atoms with van der Waals surface area (Å²) in [6, 6.07) is 0. The van der Waals surface area contributed by atoms with Gasteiger partial charge in [-0.05, 0) is 32.5 Å². The molecule has 0 amide bonds. The Labute approximate surface area is 89.5 Å². The molecule has 0 aliphatic carbocycles. The van der Waals surface area contributed by atoms with E-state index in [2.05, 4.69) is 41.3 Å². The Bertz CT molecular complexity index is 213. The van der Waals surface area contributed by atoms with Crippen molar-refractivity contribution in [2.75, 3.05) is 0 Å². The first-order chi connectivity index (χ1) is 6.07. The summed E-state index contributed by atoms with van der Waals surface area (Å²) in [6.07, 6.45) is 0.906. The Balaban J connectivity index is 4.38. The van der Waals surface area contributed by atoms with Crippen LogP contribution in [0, 0.1) is 0 Å². The van der Waals surface area contributed by atoms with Gasteiger partial charge in [-0.1, -0.05) is 0 Å². The van der Waals surface area contributed by atoms with Gasteiger partial charge in [-0.2, -0.15) is 0 Å². The average Bonchev–Trinajstić information content (AvgIpc) is 1.98. The summed E-state index contributed by atoms with van der Waals surface area (Å²) in [7, 11) is 6.21. The fraction of sp³-hybridized carbons (Fsp3) is 0.875. The van der Waals surface area contributed by atoms with Crippen LogP contribution in [0.4, 0.5) is 0 Å². The number of carboxylic acid groups (broad SMARTS) is 1. The highest BCUT2D eigenvalue weighted by molar-refractivity contribution is 6.42. The zero-order valence-electron chi connectivity index (χ0n) is 10.2. The Morgan fingerprint density at radius 2 is 1.79 bits per heavy atom. The van der Waals surface area contributed by atoms with Crippen molar-refractivity contribution in [3.05, 3.63) is 0 Å². The minimum Gasteiger partial charge on any atom is -0.481 e. The Morgan fingerprint density at radius 3 is 2.07 bits per heavy atom. The van der Waals surface area contributed by atoms with Crippen molar-refractivity contribution in [1.82, 2.24) is 4.81 Å². The van der Waals surface area contributed by atoms with Crippen LogP contribution in [0.3, 0.4) is 0 Å². The van der Waals surface area contributed by atoms with Gasteiger partial charge in [0.15, 0.2) is 7.98 Å². The molecule has 0 saturated heterocycles. The zero-order chi connectivity index (χ0) is 11.6. The lowest BCUT2D eigenvalue weighted by Crippen LogP contribution is -2.57. The van der Waals surface area contributed by atoms with Gasteiger partial charge in [0.25, 0.3) is 0 Å². The number of hydrogen-bond acceptors (Lipinski definition) is 2. The highest BCUT2D eigenvalue weighted by Gasteiger charge is 2.30. The molecule has 0 aromatic carbocycles. The molecule has 0 heterocycles. The molecule has 0 bridgehead atoms. The van der Waals surface area contributed by atoms with E-state index in [0.29, 0.717) is 6.42 Å². The monoisotopic (exact) mass is 195 g/mol. The smallest absolute Gasteiger partial charge is 0.303 e. The van der Waals surface area contributed by atoms with Crippen LogP contribution in [0.15, 0.2) is 0 Å². The maximum atomic E-state index is 10.5. The molecule has 0 aromatic rings. The van der Waals surface area contributed by atoms with E-state index in [1.807, 2.05) is 7.98 Å². The second-order valence-electron chi connectivity index (χ2n) is 5.44. The third kappa shape index (κ3) is 4.22. The van der Waals surface area contributed by atoms with Crippen molar-refractivity contribution in [2.45, 2.75) is 44.5 Å². The lowest BCUT2D eigenvalue weighted by molar-refractivity contribution is -0.137. The zero-order valence-corrected chi connectivity index (χ0v) is 10.2. The molecule has 0 rings (SSSR count). The van der Waals surface area contributed by atoms with E-state index in [1.54, 1.807) is 0 Å². The number of nitrogens with zero attached hydrogens (tertiary/aromatic N) is 1. The highest BCUT2D eigenvalue weighted by Crippen LogP contribution is 2.21. The molecule has 1 N–H and O–H groups in total. The van der Waals surface area contributed by atoms with Gasteiger partial charge in [0.2, 0.25) is 0 Å². The molecular formula is C8H20B3NO2. The van der Waals surface area contributed by atoms with Crippen molar-refractivity contribution in [3.63, 3.8) is 0 Å². The van der Waals surface area contributed by atoms with Gasteiger partial charge >= 0.3 is 5.97 Å². The quantitative estimate of drug-likeness (QED) is 0.550. The van der Waals surface area contributed by atoms with Crippen LogP contribution in [0.2, 0.25) is 0 Å². The SMILES string of the molecule is BN(C(C)(C)C)C(B)(B)CCC(=O)O. The Morgan fingerprint density at radius 1 is 1.36 bits per heavy atom. The van der Waals surface area contributed by atoms with Crippen molar-refractivity contribution in [2.24, 2.45) is 0 Å². The fourth-order valence-corrected chi connectivity index (χ4v) is 1.49. The number of rotatable bonds is 4. The molecule has 78 valence electrons. The van der Waals surface area contributed by atoms with E-state index in [9.17, 15) is 4.79 Å². The van der Waals surface area contributed by atoms with Gasteiger partial charge < -0.3 is 9.92 Å². The largest absolute Gasteiger partial charge is 0.481 e. The minimum atomic E-state index is -0.722. The average molecular weight is 195 g/mol. The first-order valence-corrected chi connectivity index (χ1v) is 5.03.